The van der Waals surface area contributed by atoms with Crippen LogP contribution in [0.25, 0.3) is 10.9 Å². The van der Waals surface area contributed by atoms with Gasteiger partial charge in [-0.25, -0.2) is 13.1 Å². The summed E-state index contributed by atoms with van der Waals surface area (Å²) < 4.78 is 97.4. The zero-order chi connectivity index (χ0) is 22.5. The summed E-state index contributed by atoms with van der Waals surface area (Å²) >= 11 is 0. The van der Waals surface area contributed by atoms with Crippen molar-refractivity contribution < 1.29 is 20.8 Å². The van der Waals surface area contributed by atoms with E-state index in [2.05, 4.69) is 9.71 Å². The summed E-state index contributed by atoms with van der Waals surface area (Å²) in [5.41, 5.74) is -0.812. The average Bonchev–Trinajstić information content (AvgIpc) is 2.94. The Hall–Kier alpha value is -1.37. The van der Waals surface area contributed by atoms with Gasteiger partial charge in [0, 0.05) is 30.5 Å². The van der Waals surface area contributed by atoms with Gasteiger partial charge in [-0.1, -0.05) is 6.04 Å². The molecule has 0 aliphatic heterocycles. The molecule has 0 spiro atoms. The van der Waals surface area contributed by atoms with Gasteiger partial charge in [-0.15, -0.1) is 0 Å². The van der Waals surface area contributed by atoms with Gasteiger partial charge in [0.2, 0.25) is 10.0 Å². The van der Waals surface area contributed by atoms with Gasteiger partial charge in [0.25, 0.3) is 0 Å². The Kier molecular flexibility index (Phi) is 2.10. The number of likely N-dealkylation sites (N-methyl/N-ethyl adjacent to an activating group) is 1. The van der Waals surface area contributed by atoms with Crippen molar-refractivity contribution in [3.8, 4) is 0 Å². The normalized spacial score (nSPS) is 20.2. The molecule has 2 N–H and O–H groups in total. The van der Waals surface area contributed by atoms with E-state index in [-0.39, 0.29) is 22.0 Å². The first-order valence-electron chi connectivity index (χ1n) is 10.3. The lowest BCUT2D eigenvalue weighted by atomic mass is 10.1. The Morgan fingerprint density at radius 2 is 2.35 bits per heavy atom. The number of sulfonamides is 1. The molecule has 110 valence electrons. The lowest BCUT2D eigenvalue weighted by Gasteiger charge is -2.08. The van der Waals surface area contributed by atoms with Gasteiger partial charge in [-0.3, -0.25) is 0 Å². The second-order valence-corrected chi connectivity index (χ2v) is 6.15. The predicted octanol–water partition coefficient (Wildman–Crippen LogP) is 1.32. The average molecular weight is 304 g/mol. The highest BCUT2D eigenvalue weighted by Gasteiger charge is 2.11. The van der Waals surface area contributed by atoms with E-state index in [1.807, 2.05) is 0 Å². The zero-order valence-electron chi connectivity index (χ0n) is 20.1. The van der Waals surface area contributed by atoms with E-state index in [4.69, 9.17) is 12.3 Å². The summed E-state index contributed by atoms with van der Waals surface area (Å²) in [7, 11) is -1.54. The number of aromatic nitrogens is 1. The Bertz CT molecular complexity index is 1050. The fourth-order valence-corrected chi connectivity index (χ4v) is 2.25. The predicted molar refractivity (Wildman–Crippen MR) is 82.2 cm³/mol. The number of nitrogens with zero attached hydrogens (tertiary/aromatic N) is 1. The molecule has 0 saturated carbocycles. The highest BCUT2D eigenvalue weighted by atomic mass is 32.2. The summed E-state index contributed by atoms with van der Waals surface area (Å²) in [6.45, 7) is -3.23. The maximum Gasteiger partial charge on any atom is 0.215 e. The molecule has 2 rings (SSSR count). The summed E-state index contributed by atoms with van der Waals surface area (Å²) in [6.07, 6.45) is -2.89. The quantitative estimate of drug-likeness (QED) is 0.846. The summed E-state index contributed by atoms with van der Waals surface area (Å²) in [6, 6.07) is -1.49. The second kappa shape index (κ2) is 5.95. The number of nitrogens with one attached hydrogen (secondary N) is 2. The number of benzene rings is 1. The highest BCUT2D eigenvalue weighted by Crippen LogP contribution is 2.21. The SMILES string of the molecule is [2H]c1[nH]c2c([2H])c([2H])c(CS(=O)(=O)NC)c([2H])c2c1C([2H])([2H])CN(C)C([2H])([2H])[2H]. The molecule has 2 aromatic rings. The van der Waals surface area contributed by atoms with E-state index >= 15 is 0 Å². The Balaban J connectivity index is 2.78. The molecule has 0 unspecified atom stereocenters. The van der Waals surface area contributed by atoms with Crippen molar-refractivity contribution in [3.05, 3.63) is 35.4 Å². The van der Waals surface area contributed by atoms with Crippen molar-refractivity contribution in [1.29, 1.82) is 0 Å². The van der Waals surface area contributed by atoms with Crippen LogP contribution < -0.4 is 4.72 Å². The third kappa shape index (κ3) is 3.59. The number of hydrogen-bond acceptors (Lipinski definition) is 3. The molecule has 20 heavy (non-hydrogen) atoms. The lowest BCUT2D eigenvalue weighted by molar-refractivity contribution is 0.414. The van der Waals surface area contributed by atoms with E-state index < -0.39 is 60.0 Å². The van der Waals surface area contributed by atoms with E-state index in [1.54, 1.807) is 0 Å². The molecule has 0 amide bonds. The van der Waals surface area contributed by atoms with Gasteiger partial charge in [0.05, 0.1) is 11.2 Å². The molecule has 1 aromatic heterocycles. The summed E-state index contributed by atoms with van der Waals surface area (Å²) in [5, 5.41) is -0.207. The number of fused-ring (bicyclic) bond motifs is 1. The molecule has 1 aromatic carbocycles. The lowest BCUT2D eigenvalue weighted by Crippen LogP contribution is -2.20. The van der Waals surface area contributed by atoms with Gasteiger partial charge >= 0.3 is 0 Å². The van der Waals surface area contributed by atoms with Crippen molar-refractivity contribution in [2.45, 2.75) is 12.1 Å². The third-order valence-corrected chi connectivity index (χ3v) is 3.86. The van der Waals surface area contributed by atoms with Crippen LogP contribution in [-0.2, 0) is 22.1 Å². The van der Waals surface area contributed by atoms with Crippen molar-refractivity contribution in [3.63, 3.8) is 0 Å². The molecule has 0 aliphatic carbocycles. The fourth-order valence-electron chi connectivity index (χ4n) is 1.58. The zero-order valence-corrected chi connectivity index (χ0v) is 11.9. The minimum atomic E-state index is -3.89. The van der Waals surface area contributed by atoms with Gasteiger partial charge in [0.15, 0.2) is 0 Å². The first-order valence-corrected chi connectivity index (χ1v) is 7.42. The largest absolute Gasteiger partial charge is 0.361 e. The molecule has 0 fully saturated rings. The van der Waals surface area contributed by atoms with Crippen LogP contribution in [0.4, 0.5) is 0 Å². The minimum absolute atomic E-state index is 0.147. The van der Waals surface area contributed by atoms with Crippen molar-refractivity contribution in [2.24, 2.45) is 0 Å². The molecule has 0 radical (unpaired) electrons. The van der Waals surface area contributed by atoms with Crippen molar-refractivity contribution >= 4 is 20.9 Å². The molecular formula is C14H21N3O2S. The number of rotatable bonds is 6. The standard InChI is InChI=1S/C14H21N3O2S/c1-15-20(18,19)10-11-4-5-14-13(8-11)12(9-16-14)6-7-17(2)3/h4-5,8-9,15-16H,6-7,10H2,1-3H3/i2D3,4D,5D,6D2,8D,9D. The highest BCUT2D eigenvalue weighted by molar-refractivity contribution is 7.88. The topological polar surface area (TPSA) is 65.2 Å². The molecule has 0 atom stereocenters. The van der Waals surface area contributed by atoms with Crippen LogP contribution in [0.1, 0.15) is 23.5 Å². The van der Waals surface area contributed by atoms with Gasteiger partial charge in [0.1, 0.15) is 0 Å². The summed E-state index contributed by atoms with van der Waals surface area (Å²) in [4.78, 5) is 3.25. The fraction of sp³-hybridized carbons (Fsp3) is 0.429. The molecule has 6 heteroatoms. The maximum atomic E-state index is 11.9. The molecule has 0 aliphatic rings. The van der Waals surface area contributed by atoms with Crippen LogP contribution in [-0.4, -0.2) is 45.9 Å². The third-order valence-electron chi connectivity index (χ3n) is 2.57. The van der Waals surface area contributed by atoms with Gasteiger partial charge < -0.3 is 9.88 Å². The van der Waals surface area contributed by atoms with Crippen LogP contribution in [0.15, 0.2) is 24.3 Å². The number of H-pyrrole nitrogens is 1. The molecule has 5 nitrogen and oxygen atoms in total. The Morgan fingerprint density at radius 3 is 3.05 bits per heavy atom. The Morgan fingerprint density at radius 1 is 1.55 bits per heavy atom. The molecular weight excluding hydrogens is 274 g/mol. The maximum absolute atomic E-state index is 11.9. The van der Waals surface area contributed by atoms with Crippen molar-refractivity contribution in [2.75, 3.05) is 27.6 Å². The van der Waals surface area contributed by atoms with E-state index in [0.717, 1.165) is 11.9 Å². The van der Waals surface area contributed by atoms with E-state index in [1.165, 1.54) is 7.05 Å². The monoisotopic (exact) mass is 304 g/mol. The van der Waals surface area contributed by atoms with Crippen LogP contribution in [0.3, 0.4) is 0 Å². The Labute approximate surface area is 132 Å². The molecule has 1 heterocycles. The molecule has 0 saturated heterocycles. The van der Waals surface area contributed by atoms with Crippen LogP contribution >= 0.6 is 0 Å². The first-order chi connectivity index (χ1) is 13.0. The summed E-state index contributed by atoms with van der Waals surface area (Å²) in [5.74, 6) is -0.765. The first kappa shape index (κ1) is 7.06. The van der Waals surface area contributed by atoms with Gasteiger partial charge in [-0.05, 0) is 50.7 Å². The number of hydrogen-bond donors (Lipinski definition) is 2. The molecule has 0 bridgehead atoms. The van der Waals surface area contributed by atoms with Crippen LogP contribution in [0, 0.1) is 0 Å². The van der Waals surface area contributed by atoms with Crippen LogP contribution in [0.5, 0.6) is 0 Å². The van der Waals surface area contributed by atoms with Crippen molar-refractivity contribution in [1.82, 2.24) is 14.6 Å². The van der Waals surface area contributed by atoms with Crippen LogP contribution in [0.2, 0.25) is 0 Å². The minimum Gasteiger partial charge on any atom is -0.361 e. The number of aromatic amines is 1. The van der Waals surface area contributed by atoms with E-state index in [9.17, 15) is 8.42 Å². The second-order valence-electron chi connectivity index (χ2n) is 4.22. The smallest absolute Gasteiger partial charge is 0.215 e. The van der Waals surface area contributed by atoms with Gasteiger partial charge in [-0.2, -0.15) is 0 Å². The van der Waals surface area contributed by atoms with E-state index in [0.29, 0.717) is 0 Å².